The van der Waals surface area contributed by atoms with Gasteiger partial charge in [-0.2, -0.15) is 5.26 Å². The Bertz CT molecular complexity index is 740. The van der Waals surface area contributed by atoms with Gasteiger partial charge in [-0.05, 0) is 17.2 Å². The molecule has 1 aromatic heterocycles. The molecule has 2 aromatic carbocycles. The molecule has 0 aliphatic carbocycles. The van der Waals surface area contributed by atoms with E-state index in [1.807, 2.05) is 36.4 Å². The van der Waals surface area contributed by atoms with Crippen molar-refractivity contribution in [2.75, 3.05) is 0 Å². The highest BCUT2D eigenvalue weighted by Crippen LogP contribution is 2.41. The quantitative estimate of drug-likeness (QED) is 0.647. The zero-order chi connectivity index (χ0) is 15.2. The van der Waals surface area contributed by atoms with Crippen LogP contribution in [0.4, 0.5) is 0 Å². The van der Waals surface area contributed by atoms with Crippen LogP contribution >= 0.6 is 11.8 Å². The molecule has 2 nitrogen and oxygen atoms in total. The summed E-state index contributed by atoms with van der Waals surface area (Å²) in [5.41, 5.74) is 3.09. The summed E-state index contributed by atoms with van der Waals surface area (Å²) in [6.07, 6.45) is 3.42. The fraction of sp³-hybridized carbons (Fsp3) is 0.0526. The maximum Gasteiger partial charge on any atom is 0.100 e. The summed E-state index contributed by atoms with van der Waals surface area (Å²) in [6.45, 7) is 0. The van der Waals surface area contributed by atoms with E-state index in [2.05, 4.69) is 35.3 Å². The lowest BCUT2D eigenvalue weighted by Gasteiger charge is -2.18. The van der Waals surface area contributed by atoms with Crippen LogP contribution in [0.3, 0.4) is 0 Å². The van der Waals surface area contributed by atoms with Gasteiger partial charge < -0.3 is 0 Å². The Labute approximate surface area is 134 Å². The van der Waals surface area contributed by atoms with Gasteiger partial charge in [0.1, 0.15) is 6.07 Å². The van der Waals surface area contributed by atoms with Crippen LogP contribution in [0.5, 0.6) is 0 Å². The zero-order valence-corrected chi connectivity index (χ0v) is 12.7. The molecule has 0 unspecified atom stereocenters. The monoisotopic (exact) mass is 302 g/mol. The van der Waals surface area contributed by atoms with Gasteiger partial charge >= 0.3 is 0 Å². The van der Waals surface area contributed by atoms with Gasteiger partial charge in [-0.1, -0.05) is 60.7 Å². The molecule has 0 saturated heterocycles. The molecule has 0 bridgehead atoms. The van der Waals surface area contributed by atoms with Crippen molar-refractivity contribution in [3.8, 4) is 6.07 Å². The van der Waals surface area contributed by atoms with Gasteiger partial charge in [0.05, 0.1) is 10.8 Å². The van der Waals surface area contributed by atoms with Crippen LogP contribution in [0.15, 0.2) is 84.0 Å². The lowest BCUT2D eigenvalue weighted by molar-refractivity contribution is 1.13. The second kappa shape index (κ2) is 6.93. The maximum absolute atomic E-state index is 9.28. The van der Waals surface area contributed by atoms with Gasteiger partial charge in [0, 0.05) is 17.3 Å². The number of hydrogen-bond donors (Lipinski definition) is 0. The van der Waals surface area contributed by atoms with E-state index in [-0.39, 0.29) is 5.25 Å². The molecule has 22 heavy (non-hydrogen) atoms. The van der Waals surface area contributed by atoms with Crippen molar-refractivity contribution in [1.82, 2.24) is 4.98 Å². The van der Waals surface area contributed by atoms with Crippen molar-refractivity contribution in [2.24, 2.45) is 0 Å². The van der Waals surface area contributed by atoms with E-state index >= 15 is 0 Å². The minimum atomic E-state index is 0.138. The van der Waals surface area contributed by atoms with Crippen molar-refractivity contribution in [1.29, 1.82) is 5.26 Å². The Hall–Kier alpha value is -2.57. The summed E-state index contributed by atoms with van der Waals surface area (Å²) < 4.78 is 0. The molecule has 0 fully saturated rings. The molecule has 0 atom stereocenters. The molecular weight excluding hydrogens is 288 g/mol. The number of aromatic nitrogens is 1. The number of pyridine rings is 1. The van der Waals surface area contributed by atoms with Gasteiger partial charge in [-0.15, -0.1) is 11.8 Å². The van der Waals surface area contributed by atoms with Crippen molar-refractivity contribution in [3.05, 3.63) is 95.8 Å². The Morgan fingerprint density at radius 2 is 1.45 bits per heavy atom. The van der Waals surface area contributed by atoms with Gasteiger partial charge in [-0.25, -0.2) is 0 Å². The largest absolute Gasteiger partial charge is 0.263 e. The van der Waals surface area contributed by atoms with Crippen LogP contribution in [-0.4, -0.2) is 4.98 Å². The average Bonchev–Trinajstić information content (AvgIpc) is 2.61. The first-order chi connectivity index (χ1) is 10.9. The Morgan fingerprint density at radius 1 is 0.864 bits per heavy atom. The van der Waals surface area contributed by atoms with E-state index in [0.29, 0.717) is 5.56 Å². The minimum Gasteiger partial charge on any atom is -0.263 e. The van der Waals surface area contributed by atoms with Crippen LogP contribution in [0, 0.1) is 11.3 Å². The summed E-state index contributed by atoms with van der Waals surface area (Å²) >= 11 is 1.66. The van der Waals surface area contributed by atoms with Gasteiger partial charge in [0.15, 0.2) is 0 Å². The number of hydrogen-bond acceptors (Lipinski definition) is 3. The van der Waals surface area contributed by atoms with Crippen molar-refractivity contribution in [2.45, 2.75) is 10.1 Å². The summed E-state index contributed by atoms with van der Waals surface area (Å²) in [5.74, 6) is 0. The average molecular weight is 302 g/mol. The fourth-order valence-corrected chi connectivity index (χ4v) is 3.48. The van der Waals surface area contributed by atoms with Gasteiger partial charge in [0.2, 0.25) is 0 Å². The highest BCUT2D eigenvalue weighted by molar-refractivity contribution is 7.99. The van der Waals surface area contributed by atoms with E-state index in [0.717, 1.165) is 4.90 Å². The van der Waals surface area contributed by atoms with Crippen LogP contribution < -0.4 is 0 Å². The summed E-state index contributed by atoms with van der Waals surface area (Å²) in [4.78, 5) is 5.07. The first-order valence-corrected chi connectivity index (χ1v) is 7.87. The molecule has 0 spiro atoms. The summed E-state index contributed by atoms with van der Waals surface area (Å²) in [5, 5.41) is 9.42. The van der Waals surface area contributed by atoms with Crippen molar-refractivity contribution in [3.63, 3.8) is 0 Å². The predicted octanol–water partition coefficient (Wildman–Crippen LogP) is 4.83. The molecule has 0 aliphatic rings. The first-order valence-electron chi connectivity index (χ1n) is 6.99. The normalized spacial score (nSPS) is 10.4. The molecule has 3 rings (SSSR count). The number of benzene rings is 2. The van der Waals surface area contributed by atoms with E-state index in [9.17, 15) is 5.26 Å². The van der Waals surface area contributed by atoms with E-state index in [1.54, 1.807) is 30.2 Å². The first kappa shape index (κ1) is 14.4. The van der Waals surface area contributed by atoms with Crippen molar-refractivity contribution >= 4 is 11.8 Å². The molecule has 3 heteroatoms. The van der Waals surface area contributed by atoms with E-state index in [4.69, 9.17) is 0 Å². The third-order valence-electron chi connectivity index (χ3n) is 3.35. The molecule has 0 aliphatic heterocycles. The standard InChI is InChI=1S/C19H14N2S/c20-13-17-11-12-21-14-18(17)22-19(15-7-3-1-4-8-15)16-9-5-2-6-10-16/h1-12,14,19H. The lowest BCUT2D eigenvalue weighted by atomic mass is 10.0. The third-order valence-corrected chi connectivity index (χ3v) is 4.71. The molecule has 106 valence electrons. The molecular formula is C19H14N2S. The second-order valence-electron chi connectivity index (χ2n) is 4.80. The Balaban J connectivity index is 2.02. The number of rotatable bonds is 4. The molecule has 0 amide bonds. The Kier molecular flexibility index (Phi) is 4.53. The molecule has 0 N–H and O–H groups in total. The van der Waals surface area contributed by atoms with Crippen LogP contribution in [0.2, 0.25) is 0 Å². The number of nitrogens with zero attached hydrogens (tertiary/aromatic N) is 2. The molecule has 0 saturated carbocycles. The van der Waals surface area contributed by atoms with E-state index in [1.165, 1.54) is 11.1 Å². The predicted molar refractivity (Wildman–Crippen MR) is 89.5 cm³/mol. The van der Waals surface area contributed by atoms with Gasteiger partial charge in [-0.3, -0.25) is 4.98 Å². The minimum absolute atomic E-state index is 0.138. The van der Waals surface area contributed by atoms with Gasteiger partial charge in [0.25, 0.3) is 0 Å². The highest BCUT2D eigenvalue weighted by atomic mass is 32.2. The molecule has 0 radical (unpaired) electrons. The van der Waals surface area contributed by atoms with Crippen molar-refractivity contribution < 1.29 is 0 Å². The van der Waals surface area contributed by atoms with Crippen LogP contribution in [-0.2, 0) is 0 Å². The third kappa shape index (κ3) is 3.19. The second-order valence-corrected chi connectivity index (χ2v) is 5.95. The fourth-order valence-electron chi connectivity index (χ4n) is 2.28. The molecule has 1 heterocycles. The van der Waals surface area contributed by atoms with Crippen LogP contribution in [0.1, 0.15) is 21.9 Å². The Morgan fingerprint density at radius 3 is 2.00 bits per heavy atom. The number of nitriles is 1. The smallest absolute Gasteiger partial charge is 0.100 e. The van der Waals surface area contributed by atoms with E-state index < -0.39 is 0 Å². The highest BCUT2D eigenvalue weighted by Gasteiger charge is 2.17. The SMILES string of the molecule is N#Cc1ccncc1SC(c1ccccc1)c1ccccc1. The van der Waals surface area contributed by atoms with Crippen LogP contribution in [0.25, 0.3) is 0 Å². The maximum atomic E-state index is 9.28. The lowest BCUT2D eigenvalue weighted by Crippen LogP contribution is -1.97. The number of thioether (sulfide) groups is 1. The molecule has 3 aromatic rings. The summed E-state index contributed by atoms with van der Waals surface area (Å²) in [7, 11) is 0. The topological polar surface area (TPSA) is 36.7 Å². The zero-order valence-electron chi connectivity index (χ0n) is 11.9. The summed E-state index contributed by atoms with van der Waals surface area (Å²) in [6, 6.07) is 24.7.